The second-order valence-corrected chi connectivity index (χ2v) is 24.9. The van der Waals surface area contributed by atoms with Crippen molar-refractivity contribution in [3.8, 4) is 0 Å². The molecule has 2 unspecified atom stereocenters. The van der Waals surface area contributed by atoms with E-state index < -0.39 is 12.1 Å². The van der Waals surface area contributed by atoms with Crippen LogP contribution in [0.1, 0.15) is 399 Å². The molecule has 0 bridgehead atoms. The van der Waals surface area contributed by atoms with E-state index in [-0.39, 0.29) is 18.5 Å². The molecule has 0 aromatic rings. The van der Waals surface area contributed by atoms with Crippen LogP contribution < -0.4 is 5.32 Å². The van der Waals surface area contributed by atoms with Gasteiger partial charge in [-0.25, -0.2) is 0 Å². The van der Waals surface area contributed by atoms with E-state index in [9.17, 15) is 19.8 Å². The lowest BCUT2D eigenvalue weighted by molar-refractivity contribution is -0.143. The quantitative estimate of drug-likeness (QED) is 0.0320. The van der Waals surface area contributed by atoms with Crippen LogP contribution in [-0.4, -0.2) is 47.4 Å². The van der Waals surface area contributed by atoms with E-state index in [1.165, 1.54) is 315 Å². The Balaban J connectivity index is 3.40. The molecular formula is C74H141NO5. The van der Waals surface area contributed by atoms with Crippen molar-refractivity contribution in [2.75, 3.05) is 13.2 Å². The number of aliphatic hydroxyl groups is 2. The van der Waals surface area contributed by atoms with Crippen LogP contribution >= 0.6 is 0 Å². The Kier molecular flexibility index (Phi) is 67.9. The van der Waals surface area contributed by atoms with Crippen molar-refractivity contribution in [1.29, 1.82) is 0 Å². The maximum atomic E-state index is 12.6. The molecule has 0 aliphatic rings. The summed E-state index contributed by atoms with van der Waals surface area (Å²) in [4.78, 5) is 24.6. The first-order valence-electron chi connectivity index (χ1n) is 36.2. The predicted molar refractivity (Wildman–Crippen MR) is 352 cm³/mol. The van der Waals surface area contributed by atoms with Crippen LogP contribution in [0.15, 0.2) is 36.5 Å². The lowest BCUT2D eigenvalue weighted by Crippen LogP contribution is -2.45. The SMILES string of the molecule is CCC/C=C\C/C=C\CCCCCCCC(=O)OCCCCCCCCCCCCCC/C=C\CCCCCCCCCCCC(=O)NC(CO)C(O)CCCCCCCCCCCCCCCCCCCCCCCCCCC. The first-order chi connectivity index (χ1) is 39.5. The van der Waals surface area contributed by atoms with Crippen molar-refractivity contribution < 1.29 is 24.5 Å². The highest BCUT2D eigenvalue weighted by atomic mass is 16.5. The summed E-state index contributed by atoms with van der Waals surface area (Å²) in [5.41, 5.74) is 0. The molecule has 2 atom stereocenters. The largest absolute Gasteiger partial charge is 0.466 e. The molecule has 0 spiro atoms. The molecule has 0 heterocycles. The maximum absolute atomic E-state index is 12.6. The smallest absolute Gasteiger partial charge is 0.305 e. The first-order valence-corrected chi connectivity index (χ1v) is 36.2. The molecule has 1 amide bonds. The summed E-state index contributed by atoms with van der Waals surface area (Å²) in [6.07, 6.45) is 89.1. The van der Waals surface area contributed by atoms with Crippen LogP contribution in [-0.2, 0) is 14.3 Å². The van der Waals surface area contributed by atoms with Crippen LogP contribution in [0.3, 0.4) is 0 Å². The number of carbonyl (C=O) groups excluding carboxylic acids is 2. The van der Waals surface area contributed by atoms with Gasteiger partial charge in [0.2, 0.25) is 5.91 Å². The molecule has 0 aromatic carbocycles. The minimum absolute atomic E-state index is 0.00131. The Hall–Kier alpha value is -1.92. The standard InChI is InChI=1S/C74H141NO5/c1-3-5-7-9-11-13-15-17-18-19-20-21-22-24-27-30-33-36-39-43-46-50-54-58-62-66-72(77)71(70-76)75-73(78)67-63-59-55-51-47-44-40-37-34-31-28-25-23-26-29-32-35-38-41-45-49-53-57-61-65-69-80-74(79)68-64-60-56-52-48-42-16-14-12-10-8-6-4-2/h8,10,14,16,25,28,71-72,76-77H,3-7,9,11-13,15,17-24,26-27,29-70H2,1-2H3,(H,75,78)/b10-8-,16-14-,28-25-. The van der Waals surface area contributed by atoms with Crippen LogP contribution in [0, 0.1) is 0 Å². The third-order valence-corrected chi connectivity index (χ3v) is 16.9. The lowest BCUT2D eigenvalue weighted by atomic mass is 10.0. The highest BCUT2D eigenvalue weighted by molar-refractivity contribution is 5.76. The predicted octanol–water partition coefficient (Wildman–Crippen LogP) is 23.5. The molecule has 472 valence electrons. The number of allylic oxidation sites excluding steroid dienone is 6. The van der Waals surface area contributed by atoms with Crippen molar-refractivity contribution in [2.24, 2.45) is 0 Å². The maximum Gasteiger partial charge on any atom is 0.305 e. The van der Waals surface area contributed by atoms with Crippen molar-refractivity contribution >= 4 is 11.9 Å². The van der Waals surface area contributed by atoms with Gasteiger partial charge in [-0.3, -0.25) is 9.59 Å². The summed E-state index contributed by atoms with van der Waals surface area (Å²) in [6.45, 7) is 4.92. The molecule has 0 aromatic heterocycles. The molecule has 0 radical (unpaired) electrons. The van der Waals surface area contributed by atoms with E-state index in [0.29, 0.717) is 25.9 Å². The lowest BCUT2D eigenvalue weighted by Gasteiger charge is -2.22. The second-order valence-electron chi connectivity index (χ2n) is 24.9. The second kappa shape index (κ2) is 69.6. The third kappa shape index (κ3) is 65.2. The van der Waals surface area contributed by atoms with Gasteiger partial charge in [0.1, 0.15) is 0 Å². The molecule has 3 N–H and O–H groups in total. The van der Waals surface area contributed by atoms with E-state index in [4.69, 9.17) is 4.74 Å². The minimum Gasteiger partial charge on any atom is -0.466 e. The number of amides is 1. The Morgan fingerprint density at radius 3 is 1.01 bits per heavy atom. The van der Waals surface area contributed by atoms with Gasteiger partial charge in [0, 0.05) is 12.8 Å². The number of hydrogen-bond donors (Lipinski definition) is 3. The van der Waals surface area contributed by atoms with Gasteiger partial charge in [-0.15, -0.1) is 0 Å². The van der Waals surface area contributed by atoms with Crippen LogP contribution in [0.2, 0.25) is 0 Å². The summed E-state index contributed by atoms with van der Waals surface area (Å²) in [6, 6.07) is -0.546. The van der Waals surface area contributed by atoms with Crippen LogP contribution in [0.4, 0.5) is 0 Å². The van der Waals surface area contributed by atoms with E-state index >= 15 is 0 Å². The molecular weight excluding hydrogens is 983 g/mol. The summed E-state index contributed by atoms with van der Waals surface area (Å²) in [5.74, 6) is -0.0349. The number of aliphatic hydroxyl groups excluding tert-OH is 2. The third-order valence-electron chi connectivity index (χ3n) is 16.9. The minimum atomic E-state index is -0.668. The summed E-state index contributed by atoms with van der Waals surface area (Å²) >= 11 is 0. The van der Waals surface area contributed by atoms with Crippen LogP contribution in [0.5, 0.6) is 0 Å². The van der Waals surface area contributed by atoms with Gasteiger partial charge in [-0.1, -0.05) is 346 Å². The zero-order valence-corrected chi connectivity index (χ0v) is 54.1. The van der Waals surface area contributed by atoms with Gasteiger partial charge in [0.25, 0.3) is 0 Å². The van der Waals surface area contributed by atoms with E-state index in [0.717, 1.165) is 51.4 Å². The monoisotopic (exact) mass is 1120 g/mol. The fourth-order valence-corrected chi connectivity index (χ4v) is 11.4. The fourth-order valence-electron chi connectivity index (χ4n) is 11.4. The molecule has 0 aliphatic carbocycles. The zero-order valence-electron chi connectivity index (χ0n) is 54.1. The van der Waals surface area contributed by atoms with E-state index in [2.05, 4.69) is 55.6 Å². The number of hydrogen-bond acceptors (Lipinski definition) is 5. The molecule has 0 aliphatic heterocycles. The number of esters is 1. The summed E-state index contributed by atoms with van der Waals surface area (Å²) in [7, 11) is 0. The molecule has 6 nitrogen and oxygen atoms in total. The summed E-state index contributed by atoms with van der Waals surface area (Å²) < 4.78 is 5.47. The van der Waals surface area contributed by atoms with E-state index in [1.54, 1.807) is 0 Å². The van der Waals surface area contributed by atoms with Gasteiger partial charge >= 0.3 is 5.97 Å². The van der Waals surface area contributed by atoms with E-state index in [1.807, 2.05) is 0 Å². The Bertz CT molecular complexity index is 1300. The molecule has 0 saturated heterocycles. The molecule has 0 rings (SSSR count). The van der Waals surface area contributed by atoms with Gasteiger partial charge < -0.3 is 20.3 Å². The number of nitrogens with one attached hydrogen (secondary N) is 1. The first kappa shape index (κ1) is 78.1. The zero-order chi connectivity index (χ0) is 57.8. The van der Waals surface area contributed by atoms with Crippen LogP contribution in [0.25, 0.3) is 0 Å². The molecule has 0 saturated carbocycles. The van der Waals surface area contributed by atoms with Gasteiger partial charge in [0.05, 0.1) is 25.4 Å². The van der Waals surface area contributed by atoms with Gasteiger partial charge in [-0.05, 0) is 77.0 Å². The summed E-state index contributed by atoms with van der Waals surface area (Å²) in [5, 5.41) is 23.5. The number of ether oxygens (including phenoxy) is 1. The van der Waals surface area contributed by atoms with Crippen molar-refractivity contribution in [2.45, 2.75) is 411 Å². The highest BCUT2D eigenvalue weighted by Gasteiger charge is 2.20. The number of unbranched alkanes of at least 4 members (excludes halogenated alkanes) is 51. The average Bonchev–Trinajstić information content (AvgIpc) is 3.46. The van der Waals surface area contributed by atoms with Crippen molar-refractivity contribution in [3.63, 3.8) is 0 Å². The molecule has 80 heavy (non-hydrogen) atoms. The van der Waals surface area contributed by atoms with Gasteiger partial charge in [0.15, 0.2) is 0 Å². The topological polar surface area (TPSA) is 95.9 Å². The Labute approximate surface area is 500 Å². The molecule has 6 heteroatoms. The highest BCUT2D eigenvalue weighted by Crippen LogP contribution is 2.19. The molecule has 0 fully saturated rings. The van der Waals surface area contributed by atoms with Gasteiger partial charge in [-0.2, -0.15) is 0 Å². The average molecular weight is 1120 g/mol. The van der Waals surface area contributed by atoms with Crippen molar-refractivity contribution in [3.05, 3.63) is 36.5 Å². The number of rotatable bonds is 68. The van der Waals surface area contributed by atoms with Crippen molar-refractivity contribution in [1.82, 2.24) is 5.32 Å². The Morgan fingerprint density at radius 1 is 0.350 bits per heavy atom. The Morgan fingerprint density at radius 2 is 0.650 bits per heavy atom. The number of carbonyl (C=O) groups is 2. The fraction of sp³-hybridized carbons (Fsp3) is 0.892. The normalized spacial score (nSPS) is 12.7.